The summed E-state index contributed by atoms with van der Waals surface area (Å²) in [5.74, 6) is 2.20. The molecule has 4 atom stereocenters. The minimum absolute atomic E-state index is 0.123. The summed E-state index contributed by atoms with van der Waals surface area (Å²) in [6.45, 7) is 2.13. The highest BCUT2D eigenvalue weighted by molar-refractivity contribution is 5.92. The zero-order valence-corrected chi connectivity index (χ0v) is 13.4. The predicted molar refractivity (Wildman–Crippen MR) is 87.2 cm³/mol. The highest BCUT2D eigenvalue weighted by Crippen LogP contribution is 2.49. The van der Waals surface area contributed by atoms with Gasteiger partial charge in [-0.3, -0.25) is 4.79 Å². The number of nitrogens with zero attached hydrogens (tertiary/aromatic N) is 3. The van der Waals surface area contributed by atoms with Gasteiger partial charge in [-0.05, 0) is 56.1 Å². The minimum Gasteiger partial charge on any atom is -0.348 e. The first-order valence-electron chi connectivity index (χ1n) is 8.49. The van der Waals surface area contributed by atoms with Crippen molar-refractivity contribution in [1.82, 2.24) is 20.3 Å². The Hall–Kier alpha value is -2.17. The van der Waals surface area contributed by atoms with Crippen LogP contribution in [0.1, 0.15) is 43.1 Å². The van der Waals surface area contributed by atoms with Gasteiger partial charge in [-0.25, -0.2) is 0 Å². The topological polar surface area (TPSA) is 59.8 Å². The first-order valence-corrected chi connectivity index (χ1v) is 8.49. The van der Waals surface area contributed by atoms with Gasteiger partial charge in [0, 0.05) is 6.04 Å². The van der Waals surface area contributed by atoms with E-state index in [4.69, 9.17) is 0 Å². The molecule has 1 aromatic carbocycles. The third-order valence-electron chi connectivity index (χ3n) is 5.51. The molecule has 4 rings (SSSR count). The van der Waals surface area contributed by atoms with Gasteiger partial charge in [0.05, 0.1) is 11.9 Å². The lowest BCUT2D eigenvalue weighted by molar-refractivity contribution is 0.0910. The standard InChI is InChI=1S/C18H22N4O/c1-12(16-10-13-7-8-14(16)9-13)20-18(23)17-11-19-22(21-17)15-5-3-2-4-6-15/h2-6,11-14,16H,7-10H2,1H3,(H,20,23). The number of para-hydroxylation sites is 1. The molecule has 0 saturated heterocycles. The molecule has 2 fully saturated rings. The van der Waals surface area contributed by atoms with Crippen LogP contribution in [0.15, 0.2) is 36.5 Å². The number of carbonyl (C=O) groups is 1. The molecular formula is C18H22N4O. The van der Waals surface area contributed by atoms with Gasteiger partial charge in [0.2, 0.25) is 0 Å². The second kappa shape index (κ2) is 5.80. The third kappa shape index (κ3) is 2.76. The highest BCUT2D eigenvalue weighted by atomic mass is 16.2. The summed E-state index contributed by atoms with van der Waals surface area (Å²) in [7, 11) is 0. The fourth-order valence-electron chi connectivity index (χ4n) is 4.35. The molecule has 2 saturated carbocycles. The van der Waals surface area contributed by atoms with E-state index < -0.39 is 0 Å². The Kier molecular flexibility index (Phi) is 3.63. The summed E-state index contributed by atoms with van der Waals surface area (Å²) in [6.07, 6.45) is 6.88. The van der Waals surface area contributed by atoms with Crippen LogP contribution in [0, 0.1) is 17.8 Å². The molecule has 0 radical (unpaired) electrons. The van der Waals surface area contributed by atoms with Gasteiger partial charge < -0.3 is 5.32 Å². The van der Waals surface area contributed by atoms with E-state index in [-0.39, 0.29) is 11.9 Å². The van der Waals surface area contributed by atoms with E-state index in [1.54, 1.807) is 0 Å². The summed E-state index contributed by atoms with van der Waals surface area (Å²) in [4.78, 5) is 13.9. The van der Waals surface area contributed by atoms with Crippen molar-refractivity contribution in [3.05, 3.63) is 42.2 Å². The maximum absolute atomic E-state index is 12.4. The average Bonchev–Trinajstić information content (AvgIpc) is 3.31. The number of amides is 1. The van der Waals surface area contributed by atoms with Crippen molar-refractivity contribution in [2.24, 2.45) is 17.8 Å². The van der Waals surface area contributed by atoms with Crippen LogP contribution < -0.4 is 5.32 Å². The monoisotopic (exact) mass is 310 g/mol. The van der Waals surface area contributed by atoms with Gasteiger partial charge in [-0.15, -0.1) is 5.10 Å². The Labute approximate surface area is 136 Å². The maximum Gasteiger partial charge on any atom is 0.273 e. The molecule has 23 heavy (non-hydrogen) atoms. The Morgan fingerprint density at radius 3 is 2.78 bits per heavy atom. The molecule has 120 valence electrons. The summed E-state index contributed by atoms with van der Waals surface area (Å²) in [6, 6.07) is 9.84. The summed E-state index contributed by atoms with van der Waals surface area (Å²) in [5, 5.41) is 11.6. The molecule has 5 nitrogen and oxygen atoms in total. The molecule has 0 spiro atoms. The van der Waals surface area contributed by atoms with Crippen molar-refractivity contribution in [1.29, 1.82) is 0 Å². The number of hydrogen-bond acceptors (Lipinski definition) is 3. The molecule has 0 aliphatic heterocycles. The number of fused-ring (bicyclic) bond motifs is 2. The quantitative estimate of drug-likeness (QED) is 0.944. The van der Waals surface area contributed by atoms with Gasteiger partial charge in [0.25, 0.3) is 5.91 Å². The van der Waals surface area contributed by atoms with Crippen LogP contribution in [0.2, 0.25) is 0 Å². The molecular weight excluding hydrogens is 288 g/mol. The number of rotatable bonds is 4. The number of hydrogen-bond donors (Lipinski definition) is 1. The molecule has 2 aliphatic rings. The smallest absolute Gasteiger partial charge is 0.273 e. The largest absolute Gasteiger partial charge is 0.348 e. The molecule has 2 bridgehead atoms. The van der Waals surface area contributed by atoms with Gasteiger partial charge >= 0.3 is 0 Å². The van der Waals surface area contributed by atoms with Gasteiger partial charge in [-0.1, -0.05) is 24.6 Å². The van der Waals surface area contributed by atoms with Crippen LogP contribution in [0.3, 0.4) is 0 Å². The Morgan fingerprint density at radius 1 is 1.26 bits per heavy atom. The molecule has 1 N–H and O–H groups in total. The normalized spacial score (nSPS) is 27.1. The van der Waals surface area contributed by atoms with E-state index in [9.17, 15) is 4.79 Å². The first-order chi connectivity index (χ1) is 11.2. The lowest BCUT2D eigenvalue weighted by Gasteiger charge is -2.28. The summed E-state index contributed by atoms with van der Waals surface area (Å²) < 4.78 is 0. The van der Waals surface area contributed by atoms with Crippen molar-refractivity contribution in [2.75, 3.05) is 0 Å². The van der Waals surface area contributed by atoms with E-state index >= 15 is 0 Å². The molecule has 5 heteroatoms. The lowest BCUT2D eigenvalue weighted by atomic mass is 9.84. The van der Waals surface area contributed by atoms with Crippen molar-refractivity contribution < 1.29 is 4.79 Å². The van der Waals surface area contributed by atoms with E-state index in [1.165, 1.54) is 36.7 Å². The second-order valence-electron chi connectivity index (χ2n) is 6.96. The maximum atomic E-state index is 12.4. The Balaban J connectivity index is 1.42. The number of benzene rings is 1. The predicted octanol–water partition coefficient (Wildman–Crippen LogP) is 2.82. The minimum atomic E-state index is -0.123. The van der Waals surface area contributed by atoms with Gasteiger partial charge in [0.15, 0.2) is 5.69 Å². The van der Waals surface area contributed by atoms with Crippen molar-refractivity contribution in [2.45, 2.75) is 38.6 Å². The average molecular weight is 310 g/mol. The number of nitrogens with one attached hydrogen (secondary N) is 1. The summed E-state index contributed by atoms with van der Waals surface area (Å²) >= 11 is 0. The van der Waals surface area contributed by atoms with Crippen LogP contribution in [-0.2, 0) is 0 Å². The zero-order chi connectivity index (χ0) is 15.8. The summed E-state index contributed by atoms with van der Waals surface area (Å²) in [5.41, 5.74) is 1.23. The molecule has 4 unspecified atom stereocenters. The highest BCUT2D eigenvalue weighted by Gasteiger charge is 2.42. The zero-order valence-electron chi connectivity index (χ0n) is 13.4. The number of carbonyl (C=O) groups excluding carboxylic acids is 1. The molecule has 2 aromatic rings. The second-order valence-corrected chi connectivity index (χ2v) is 6.96. The van der Waals surface area contributed by atoms with Crippen LogP contribution in [-0.4, -0.2) is 26.9 Å². The van der Waals surface area contributed by atoms with Crippen LogP contribution in [0.4, 0.5) is 0 Å². The Bertz CT molecular complexity index is 696. The van der Waals surface area contributed by atoms with Crippen LogP contribution >= 0.6 is 0 Å². The van der Waals surface area contributed by atoms with Crippen molar-refractivity contribution in [3.63, 3.8) is 0 Å². The first kappa shape index (κ1) is 14.4. The SMILES string of the molecule is CC(NC(=O)c1cnn(-c2ccccc2)n1)C1CC2CCC1C2. The third-order valence-corrected chi connectivity index (χ3v) is 5.51. The van der Waals surface area contributed by atoms with E-state index in [0.29, 0.717) is 11.6 Å². The van der Waals surface area contributed by atoms with Crippen LogP contribution in [0.5, 0.6) is 0 Å². The Morgan fingerprint density at radius 2 is 2.09 bits per heavy atom. The lowest BCUT2D eigenvalue weighted by Crippen LogP contribution is -2.40. The fraction of sp³-hybridized carbons (Fsp3) is 0.500. The van der Waals surface area contributed by atoms with Gasteiger partial charge in [0.1, 0.15) is 0 Å². The molecule has 1 aromatic heterocycles. The molecule has 1 amide bonds. The number of aromatic nitrogens is 3. The van der Waals surface area contributed by atoms with Crippen LogP contribution in [0.25, 0.3) is 5.69 Å². The van der Waals surface area contributed by atoms with E-state index in [2.05, 4.69) is 22.4 Å². The fourth-order valence-corrected chi connectivity index (χ4v) is 4.35. The van der Waals surface area contributed by atoms with E-state index in [0.717, 1.165) is 17.5 Å². The van der Waals surface area contributed by atoms with Gasteiger partial charge in [-0.2, -0.15) is 9.90 Å². The van der Waals surface area contributed by atoms with Crippen molar-refractivity contribution in [3.8, 4) is 5.69 Å². The molecule has 2 aliphatic carbocycles. The van der Waals surface area contributed by atoms with Crippen molar-refractivity contribution >= 4 is 5.91 Å². The molecule has 1 heterocycles. The van der Waals surface area contributed by atoms with E-state index in [1.807, 2.05) is 30.3 Å².